The Kier molecular flexibility index (Phi) is 4.43. The largest absolute Gasteiger partial charge is 0.325 e. The van der Waals surface area contributed by atoms with Crippen LogP contribution in [0.5, 0.6) is 0 Å². The third-order valence-corrected chi connectivity index (χ3v) is 4.83. The van der Waals surface area contributed by atoms with E-state index in [1.54, 1.807) is 18.2 Å². The fourth-order valence-electron chi connectivity index (χ4n) is 2.75. The molecule has 3 rings (SSSR count). The van der Waals surface area contributed by atoms with Crippen molar-refractivity contribution in [1.29, 1.82) is 0 Å². The van der Waals surface area contributed by atoms with Crippen LogP contribution >= 0.6 is 23.2 Å². The number of amides is 3. The molecule has 1 saturated heterocycles. The molecule has 0 radical (unpaired) electrons. The smallest absolute Gasteiger partial charge is 0.319 e. The molecule has 8 heteroatoms. The van der Waals surface area contributed by atoms with Gasteiger partial charge in [0.1, 0.15) is 17.2 Å². The van der Waals surface area contributed by atoms with E-state index in [1.165, 1.54) is 6.92 Å². The lowest BCUT2D eigenvalue weighted by molar-refractivity contribution is -0.131. The van der Waals surface area contributed by atoms with Gasteiger partial charge in [-0.25, -0.2) is 13.6 Å². The van der Waals surface area contributed by atoms with Gasteiger partial charge in [0, 0.05) is 21.2 Å². The molecular formula is C17H12Cl2F2N2O2. The summed E-state index contributed by atoms with van der Waals surface area (Å²) in [5.41, 5.74) is -1.59. The zero-order valence-electron chi connectivity index (χ0n) is 12.9. The van der Waals surface area contributed by atoms with Crippen LogP contribution in [0.4, 0.5) is 13.6 Å². The van der Waals surface area contributed by atoms with E-state index in [2.05, 4.69) is 5.32 Å². The second-order valence-corrected chi connectivity index (χ2v) is 6.59. The van der Waals surface area contributed by atoms with E-state index >= 15 is 0 Å². The Labute approximate surface area is 152 Å². The Morgan fingerprint density at radius 1 is 1.12 bits per heavy atom. The molecule has 0 bridgehead atoms. The SMILES string of the molecule is C[C@@]1(c2cc(F)ccc2F)NC(=O)N(Cc2c(Cl)cccc2Cl)C1=O. The number of benzene rings is 2. The van der Waals surface area contributed by atoms with E-state index in [4.69, 9.17) is 23.2 Å². The molecule has 2 aromatic carbocycles. The number of hydrogen-bond donors (Lipinski definition) is 1. The summed E-state index contributed by atoms with van der Waals surface area (Å²) in [6, 6.07) is 6.77. The second kappa shape index (κ2) is 6.28. The van der Waals surface area contributed by atoms with Crippen molar-refractivity contribution < 1.29 is 18.4 Å². The van der Waals surface area contributed by atoms with Gasteiger partial charge in [-0.15, -0.1) is 0 Å². The maximum atomic E-state index is 14.1. The van der Waals surface area contributed by atoms with E-state index < -0.39 is 29.1 Å². The second-order valence-electron chi connectivity index (χ2n) is 5.77. The predicted octanol–water partition coefficient (Wildman–Crippen LogP) is 4.24. The van der Waals surface area contributed by atoms with E-state index in [0.29, 0.717) is 15.6 Å². The molecule has 0 aliphatic carbocycles. The monoisotopic (exact) mass is 384 g/mol. The normalized spacial score (nSPS) is 20.1. The molecule has 0 unspecified atom stereocenters. The first-order chi connectivity index (χ1) is 11.7. The Balaban J connectivity index is 1.99. The number of rotatable bonds is 3. The summed E-state index contributed by atoms with van der Waals surface area (Å²) in [7, 11) is 0. The summed E-state index contributed by atoms with van der Waals surface area (Å²) in [6.45, 7) is 1.13. The Hall–Kier alpha value is -2.18. The number of nitrogens with zero attached hydrogens (tertiary/aromatic N) is 1. The van der Waals surface area contributed by atoms with Crippen molar-refractivity contribution in [3.63, 3.8) is 0 Å². The number of hydrogen-bond acceptors (Lipinski definition) is 2. The van der Waals surface area contributed by atoms with Crippen LogP contribution in [-0.4, -0.2) is 16.8 Å². The summed E-state index contributed by atoms with van der Waals surface area (Å²) in [5, 5.41) is 3.00. The maximum Gasteiger partial charge on any atom is 0.325 e. The lowest BCUT2D eigenvalue weighted by Crippen LogP contribution is -2.41. The fourth-order valence-corrected chi connectivity index (χ4v) is 3.26. The van der Waals surface area contributed by atoms with Gasteiger partial charge in [0.05, 0.1) is 6.54 Å². The predicted molar refractivity (Wildman–Crippen MR) is 89.3 cm³/mol. The van der Waals surface area contributed by atoms with Gasteiger partial charge in [0.2, 0.25) is 0 Å². The van der Waals surface area contributed by atoms with Crippen LogP contribution in [0, 0.1) is 11.6 Å². The van der Waals surface area contributed by atoms with Crippen LogP contribution < -0.4 is 5.32 Å². The summed E-state index contributed by atoms with van der Waals surface area (Å²) in [6.07, 6.45) is 0. The zero-order valence-corrected chi connectivity index (χ0v) is 14.5. The molecule has 1 aliphatic rings. The first kappa shape index (κ1) is 17.6. The quantitative estimate of drug-likeness (QED) is 0.804. The van der Waals surface area contributed by atoms with Gasteiger partial charge in [-0.3, -0.25) is 9.69 Å². The van der Waals surface area contributed by atoms with Gasteiger partial charge >= 0.3 is 6.03 Å². The van der Waals surface area contributed by atoms with Gasteiger partial charge in [-0.05, 0) is 37.3 Å². The Bertz CT molecular complexity index is 871. The third kappa shape index (κ3) is 2.96. The summed E-state index contributed by atoms with van der Waals surface area (Å²) < 4.78 is 27.6. The van der Waals surface area contributed by atoms with Crippen LogP contribution in [0.15, 0.2) is 36.4 Å². The van der Waals surface area contributed by atoms with Gasteiger partial charge in [0.25, 0.3) is 5.91 Å². The number of carbonyl (C=O) groups is 2. The highest BCUT2D eigenvalue weighted by Gasteiger charge is 2.50. The van der Waals surface area contributed by atoms with Gasteiger partial charge in [-0.2, -0.15) is 0 Å². The summed E-state index contributed by atoms with van der Waals surface area (Å²) >= 11 is 12.1. The molecule has 2 aromatic rings. The Morgan fingerprint density at radius 3 is 2.40 bits per heavy atom. The standard InChI is InChI=1S/C17H12Cl2F2N2O2/c1-17(11-7-9(20)5-6-14(11)21)15(24)23(16(25)22-17)8-10-12(18)3-2-4-13(10)19/h2-7H,8H2,1H3,(H,22,25)/t17-/m0/s1. The van der Waals surface area contributed by atoms with E-state index in [-0.39, 0.29) is 12.1 Å². The molecule has 0 saturated carbocycles. The number of carbonyl (C=O) groups excluding carboxylic acids is 2. The minimum Gasteiger partial charge on any atom is -0.319 e. The van der Waals surface area contributed by atoms with Crippen molar-refractivity contribution in [2.75, 3.05) is 0 Å². The molecule has 3 amide bonds. The lowest BCUT2D eigenvalue weighted by Gasteiger charge is -2.23. The highest BCUT2D eigenvalue weighted by molar-refractivity contribution is 6.36. The molecule has 0 spiro atoms. The highest BCUT2D eigenvalue weighted by atomic mass is 35.5. The van der Waals surface area contributed by atoms with Crippen LogP contribution in [0.25, 0.3) is 0 Å². The van der Waals surface area contributed by atoms with Crippen molar-refractivity contribution in [3.8, 4) is 0 Å². The number of imide groups is 1. The zero-order chi connectivity index (χ0) is 18.4. The molecule has 1 aliphatic heterocycles. The number of halogens is 4. The molecule has 1 atom stereocenters. The van der Waals surface area contributed by atoms with Crippen LogP contribution in [0.1, 0.15) is 18.1 Å². The number of nitrogens with one attached hydrogen (secondary N) is 1. The number of urea groups is 1. The third-order valence-electron chi connectivity index (χ3n) is 4.12. The van der Waals surface area contributed by atoms with Crippen molar-refractivity contribution >= 4 is 35.1 Å². The molecule has 1 fully saturated rings. The summed E-state index contributed by atoms with van der Waals surface area (Å²) in [4.78, 5) is 26.0. The maximum absolute atomic E-state index is 14.1. The first-order valence-corrected chi connectivity index (χ1v) is 8.02. The van der Waals surface area contributed by atoms with E-state index in [1.807, 2.05) is 0 Å². The minimum absolute atomic E-state index is 0.185. The average Bonchev–Trinajstić information content (AvgIpc) is 2.77. The van der Waals surface area contributed by atoms with Crippen LogP contribution in [-0.2, 0) is 16.9 Å². The fraction of sp³-hybridized carbons (Fsp3) is 0.176. The minimum atomic E-state index is -1.73. The topological polar surface area (TPSA) is 49.4 Å². The van der Waals surface area contributed by atoms with Gasteiger partial charge < -0.3 is 5.32 Å². The molecule has 1 heterocycles. The average molecular weight is 385 g/mol. The lowest BCUT2D eigenvalue weighted by atomic mass is 9.91. The molecule has 25 heavy (non-hydrogen) atoms. The first-order valence-electron chi connectivity index (χ1n) is 7.26. The summed E-state index contributed by atoms with van der Waals surface area (Å²) in [5.74, 6) is -2.24. The highest BCUT2D eigenvalue weighted by Crippen LogP contribution is 2.34. The molecule has 130 valence electrons. The van der Waals surface area contributed by atoms with Gasteiger partial charge in [-0.1, -0.05) is 29.3 Å². The molecular weight excluding hydrogens is 373 g/mol. The molecule has 0 aromatic heterocycles. The molecule has 1 N–H and O–H groups in total. The van der Waals surface area contributed by atoms with Crippen LogP contribution in [0.3, 0.4) is 0 Å². The van der Waals surface area contributed by atoms with Crippen LogP contribution in [0.2, 0.25) is 10.0 Å². The van der Waals surface area contributed by atoms with E-state index in [0.717, 1.165) is 23.1 Å². The molecule has 4 nitrogen and oxygen atoms in total. The van der Waals surface area contributed by atoms with Crippen molar-refractivity contribution in [1.82, 2.24) is 10.2 Å². The van der Waals surface area contributed by atoms with E-state index in [9.17, 15) is 18.4 Å². The van der Waals surface area contributed by atoms with Crippen molar-refractivity contribution in [2.24, 2.45) is 0 Å². The Morgan fingerprint density at radius 2 is 1.76 bits per heavy atom. The van der Waals surface area contributed by atoms with Crippen molar-refractivity contribution in [3.05, 3.63) is 69.2 Å². The van der Waals surface area contributed by atoms with Crippen molar-refractivity contribution in [2.45, 2.75) is 19.0 Å². The van der Waals surface area contributed by atoms with Gasteiger partial charge in [0.15, 0.2) is 0 Å².